The molecule has 0 spiro atoms. The number of benzene rings is 1. The molecule has 0 aliphatic heterocycles. The van der Waals surface area contributed by atoms with Crippen LogP contribution in [0, 0.1) is 12.8 Å². The zero-order valence-electron chi connectivity index (χ0n) is 16.1. The monoisotopic (exact) mass is 379 g/mol. The number of fused-ring (bicyclic) bond motifs is 1. The van der Waals surface area contributed by atoms with Crippen LogP contribution in [0.1, 0.15) is 36.8 Å². The minimum Gasteiger partial charge on any atom is -0.354 e. The maximum Gasteiger partial charge on any atom is 0.264 e. The summed E-state index contributed by atoms with van der Waals surface area (Å²) in [5, 5.41) is 7.78. The van der Waals surface area contributed by atoms with Crippen molar-refractivity contribution in [2.24, 2.45) is 5.92 Å². The number of nitrogens with one attached hydrogen (secondary N) is 1. The first-order valence-electron chi connectivity index (χ1n) is 9.86. The molecule has 0 unspecified atom stereocenters. The van der Waals surface area contributed by atoms with Crippen molar-refractivity contribution in [2.75, 3.05) is 6.54 Å². The lowest BCUT2D eigenvalue weighted by molar-refractivity contribution is -0.124. The second-order valence-corrected chi connectivity index (χ2v) is 7.54. The molecule has 28 heavy (non-hydrogen) atoms. The Morgan fingerprint density at radius 3 is 2.71 bits per heavy atom. The SMILES string of the molecule is Cc1ccc(Cn2cnc3c(cnn3CCNC(=O)C3CCCC3)c2=O)cc1. The van der Waals surface area contributed by atoms with Gasteiger partial charge in [-0.3, -0.25) is 14.2 Å². The number of nitrogens with zero attached hydrogens (tertiary/aromatic N) is 4. The summed E-state index contributed by atoms with van der Waals surface area (Å²) in [6.07, 6.45) is 7.38. The van der Waals surface area contributed by atoms with E-state index in [-0.39, 0.29) is 17.4 Å². The Kier molecular flexibility index (Phi) is 5.23. The summed E-state index contributed by atoms with van der Waals surface area (Å²) in [6, 6.07) is 8.10. The van der Waals surface area contributed by atoms with Gasteiger partial charge in [-0.1, -0.05) is 42.7 Å². The van der Waals surface area contributed by atoms with Crippen molar-refractivity contribution < 1.29 is 4.79 Å². The van der Waals surface area contributed by atoms with Crippen LogP contribution >= 0.6 is 0 Å². The van der Waals surface area contributed by atoms with Crippen LogP contribution in [0.25, 0.3) is 11.0 Å². The first-order valence-corrected chi connectivity index (χ1v) is 9.86. The molecule has 0 bridgehead atoms. The molecular formula is C21H25N5O2. The maximum atomic E-state index is 12.8. The molecule has 1 aliphatic rings. The molecule has 0 atom stereocenters. The topological polar surface area (TPSA) is 81.8 Å². The largest absolute Gasteiger partial charge is 0.354 e. The van der Waals surface area contributed by atoms with Crippen molar-refractivity contribution in [3.63, 3.8) is 0 Å². The van der Waals surface area contributed by atoms with Crippen LogP contribution in [-0.4, -0.2) is 31.8 Å². The van der Waals surface area contributed by atoms with Crippen molar-refractivity contribution in [1.82, 2.24) is 24.6 Å². The molecule has 146 valence electrons. The molecule has 7 heteroatoms. The van der Waals surface area contributed by atoms with Gasteiger partial charge in [-0.2, -0.15) is 5.10 Å². The molecular weight excluding hydrogens is 354 g/mol. The average molecular weight is 379 g/mol. The number of hydrogen-bond donors (Lipinski definition) is 1. The molecule has 1 saturated carbocycles. The molecule has 4 rings (SSSR count). The molecule has 0 saturated heterocycles. The Morgan fingerprint density at radius 2 is 1.96 bits per heavy atom. The minimum atomic E-state index is -0.105. The fourth-order valence-corrected chi connectivity index (χ4v) is 3.78. The van der Waals surface area contributed by atoms with E-state index in [1.807, 2.05) is 31.2 Å². The van der Waals surface area contributed by atoms with Gasteiger partial charge in [0.25, 0.3) is 5.56 Å². The highest BCUT2D eigenvalue weighted by Crippen LogP contribution is 2.24. The number of hydrogen-bond acceptors (Lipinski definition) is 4. The zero-order chi connectivity index (χ0) is 19.5. The predicted molar refractivity (Wildman–Crippen MR) is 107 cm³/mol. The Bertz CT molecular complexity index is 1030. The summed E-state index contributed by atoms with van der Waals surface area (Å²) in [5.41, 5.74) is 2.69. The van der Waals surface area contributed by atoms with Gasteiger partial charge >= 0.3 is 0 Å². The first kappa shape index (κ1) is 18.4. The van der Waals surface area contributed by atoms with Crippen LogP contribution in [0.4, 0.5) is 0 Å². The summed E-state index contributed by atoms with van der Waals surface area (Å²) in [7, 11) is 0. The fourth-order valence-electron chi connectivity index (χ4n) is 3.78. The third kappa shape index (κ3) is 3.83. The lowest BCUT2D eigenvalue weighted by Crippen LogP contribution is -2.32. The second kappa shape index (κ2) is 7.96. The summed E-state index contributed by atoms with van der Waals surface area (Å²) in [4.78, 5) is 29.3. The number of carbonyl (C=O) groups is 1. The van der Waals surface area contributed by atoms with Crippen LogP contribution in [0.3, 0.4) is 0 Å². The van der Waals surface area contributed by atoms with Crippen molar-refractivity contribution in [2.45, 2.75) is 45.7 Å². The first-order chi connectivity index (χ1) is 13.6. The minimum absolute atomic E-state index is 0.105. The van der Waals surface area contributed by atoms with E-state index in [4.69, 9.17) is 0 Å². The van der Waals surface area contributed by atoms with Crippen LogP contribution < -0.4 is 10.9 Å². The molecule has 2 heterocycles. The van der Waals surface area contributed by atoms with E-state index in [1.165, 1.54) is 5.56 Å². The van der Waals surface area contributed by atoms with Gasteiger partial charge in [0, 0.05) is 12.5 Å². The number of aromatic nitrogens is 4. The molecule has 7 nitrogen and oxygen atoms in total. The van der Waals surface area contributed by atoms with Gasteiger partial charge in [0.15, 0.2) is 5.65 Å². The van der Waals surface area contributed by atoms with Gasteiger partial charge in [0.2, 0.25) is 5.91 Å². The number of aryl methyl sites for hydroxylation is 1. The highest BCUT2D eigenvalue weighted by Gasteiger charge is 2.22. The molecule has 2 aromatic heterocycles. The molecule has 0 radical (unpaired) electrons. The molecule has 1 amide bonds. The molecule has 3 aromatic rings. The molecule has 1 fully saturated rings. The van der Waals surface area contributed by atoms with E-state index in [9.17, 15) is 9.59 Å². The molecule has 1 aliphatic carbocycles. The van der Waals surface area contributed by atoms with Crippen LogP contribution in [0.2, 0.25) is 0 Å². The standard InChI is InChI=1S/C21H25N5O2/c1-15-6-8-16(9-7-15)13-25-14-23-19-18(21(25)28)12-24-26(19)11-10-22-20(27)17-4-2-3-5-17/h6-9,12,14,17H,2-5,10-11,13H2,1H3,(H,22,27). The third-order valence-electron chi connectivity index (χ3n) is 5.44. The smallest absolute Gasteiger partial charge is 0.264 e. The number of rotatable bonds is 6. The van der Waals surface area contributed by atoms with Gasteiger partial charge in [0.05, 0.1) is 19.3 Å². The van der Waals surface area contributed by atoms with E-state index in [2.05, 4.69) is 15.4 Å². The third-order valence-corrected chi connectivity index (χ3v) is 5.44. The fraction of sp³-hybridized carbons (Fsp3) is 0.429. The van der Waals surface area contributed by atoms with E-state index in [1.54, 1.807) is 21.8 Å². The quantitative estimate of drug-likeness (QED) is 0.712. The van der Waals surface area contributed by atoms with Crippen molar-refractivity contribution in [3.05, 3.63) is 58.3 Å². The van der Waals surface area contributed by atoms with E-state index in [0.717, 1.165) is 31.2 Å². The van der Waals surface area contributed by atoms with Gasteiger partial charge in [0.1, 0.15) is 11.7 Å². The van der Waals surface area contributed by atoms with E-state index in [0.29, 0.717) is 30.7 Å². The Labute approximate surface area is 163 Å². The van der Waals surface area contributed by atoms with Crippen molar-refractivity contribution in [1.29, 1.82) is 0 Å². The highest BCUT2D eigenvalue weighted by atomic mass is 16.2. The normalized spacial score (nSPS) is 14.6. The predicted octanol–water partition coefficient (Wildman–Crippen LogP) is 2.26. The Morgan fingerprint density at radius 1 is 1.21 bits per heavy atom. The van der Waals surface area contributed by atoms with Gasteiger partial charge in [-0.15, -0.1) is 0 Å². The van der Waals surface area contributed by atoms with E-state index >= 15 is 0 Å². The lowest BCUT2D eigenvalue weighted by atomic mass is 10.1. The Balaban J connectivity index is 1.44. The van der Waals surface area contributed by atoms with Crippen LogP contribution in [-0.2, 0) is 17.9 Å². The molecule has 1 aromatic carbocycles. The van der Waals surface area contributed by atoms with Gasteiger partial charge in [-0.05, 0) is 25.3 Å². The van der Waals surface area contributed by atoms with Gasteiger partial charge in [-0.25, -0.2) is 9.67 Å². The second-order valence-electron chi connectivity index (χ2n) is 7.54. The Hall–Kier alpha value is -2.96. The number of amides is 1. The van der Waals surface area contributed by atoms with Gasteiger partial charge < -0.3 is 5.32 Å². The lowest BCUT2D eigenvalue weighted by Gasteiger charge is -2.10. The van der Waals surface area contributed by atoms with Crippen molar-refractivity contribution >= 4 is 16.9 Å². The molecule has 1 N–H and O–H groups in total. The number of carbonyl (C=O) groups excluding carboxylic acids is 1. The van der Waals surface area contributed by atoms with Crippen LogP contribution in [0.15, 0.2) is 41.6 Å². The average Bonchev–Trinajstić information content (AvgIpc) is 3.36. The highest BCUT2D eigenvalue weighted by molar-refractivity contribution is 5.78. The van der Waals surface area contributed by atoms with Crippen LogP contribution in [0.5, 0.6) is 0 Å². The zero-order valence-corrected chi connectivity index (χ0v) is 16.1. The van der Waals surface area contributed by atoms with Crippen molar-refractivity contribution in [3.8, 4) is 0 Å². The maximum absolute atomic E-state index is 12.8. The summed E-state index contributed by atoms with van der Waals surface area (Å²) in [5.74, 6) is 0.281. The summed E-state index contributed by atoms with van der Waals surface area (Å²) >= 11 is 0. The van der Waals surface area contributed by atoms with E-state index < -0.39 is 0 Å². The summed E-state index contributed by atoms with van der Waals surface area (Å²) < 4.78 is 3.28. The summed E-state index contributed by atoms with van der Waals surface area (Å²) in [6.45, 7) is 3.50.